The number of nitrogens with zero attached hydrogens (tertiary/aromatic N) is 2. The monoisotopic (exact) mass is 597 g/mol. The number of ether oxygens (including phenoxy) is 1. The van der Waals surface area contributed by atoms with Crippen LogP contribution in [-0.4, -0.2) is 73.1 Å². The molecule has 5 atom stereocenters. The fraction of sp³-hybridized carbons (Fsp3) is 0.452. The maximum Gasteiger partial charge on any atom is 0.264 e. The first-order chi connectivity index (χ1) is 19.8. The Morgan fingerprint density at radius 2 is 1.95 bits per heavy atom. The summed E-state index contributed by atoms with van der Waals surface area (Å²) < 4.78 is 22.8. The molecule has 1 saturated heterocycles. The van der Waals surface area contributed by atoms with E-state index in [1.54, 1.807) is 44.3 Å². The van der Waals surface area contributed by atoms with Crippen LogP contribution in [0.1, 0.15) is 31.4 Å². The van der Waals surface area contributed by atoms with Crippen LogP contribution >= 0.6 is 0 Å². The van der Waals surface area contributed by atoms with Crippen molar-refractivity contribution in [1.29, 1.82) is 0 Å². The Kier molecular flexibility index (Phi) is 9.36. The van der Waals surface area contributed by atoms with E-state index >= 15 is 4.11 Å². The number of carbonyl (C=O) groups is 3. The van der Waals surface area contributed by atoms with E-state index in [0.717, 1.165) is 5.56 Å². The van der Waals surface area contributed by atoms with E-state index in [-0.39, 0.29) is 44.5 Å². The average molecular weight is 598 g/mol. The summed E-state index contributed by atoms with van der Waals surface area (Å²) in [5.74, 6) is -1.93. The summed E-state index contributed by atoms with van der Waals surface area (Å²) in [6.45, 7) is 10.4. The lowest BCUT2D eigenvalue weighted by molar-refractivity contribution is -0.149. The zero-order valence-electron chi connectivity index (χ0n) is 24.5. The number of nitrogens with one attached hydrogen (secondary N) is 1. The van der Waals surface area contributed by atoms with E-state index in [2.05, 4.69) is 11.9 Å². The van der Waals surface area contributed by atoms with Gasteiger partial charge in [0, 0.05) is 42.3 Å². The van der Waals surface area contributed by atoms with Gasteiger partial charge in [-0.25, -0.2) is 0 Å². The maximum atomic E-state index is 16.1. The third-order valence-corrected chi connectivity index (χ3v) is 10.7. The van der Waals surface area contributed by atoms with Crippen molar-refractivity contribution in [3.63, 3.8) is 0 Å². The molecule has 0 unspecified atom stereocenters. The second kappa shape index (κ2) is 12.5. The lowest BCUT2D eigenvalue weighted by Crippen LogP contribution is -2.45. The molecule has 1 spiro atoms. The molecule has 2 aromatic rings. The van der Waals surface area contributed by atoms with Gasteiger partial charge in [0.25, 0.3) is 11.8 Å². The SMILES string of the molecule is C=CCN1C(=O)[C@]2(O[C@H](CC(=O)N(CCO)Cc3ccccc3)[C@@H]([Si](C)(C)F)[C@@H]2C)c2cc(NC(=O)[C@H](C)O)ccc21. The number of fused-ring (bicyclic) bond motifs is 2. The number of hydrogen-bond donors (Lipinski definition) is 3. The van der Waals surface area contributed by atoms with Crippen LogP contribution in [-0.2, 0) is 31.3 Å². The van der Waals surface area contributed by atoms with Crippen molar-refractivity contribution in [2.75, 3.05) is 29.9 Å². The van der Waals surface area contributed by atoms with Crippen molar-refractivity contribution in [2.24, 2.45) is 5.92 Å². The molecule has 0 radical (unpaired) electrons. The molecule has 3 amide bonds. The van der Waals surface area contributed by atoms with Crippen molar-refractivity contribution in [3.8, 4) is 0 Å². The summed E-state index contributed by atoms with van der Waals surface area (Å²) in [5, 5.41) is 22.0. The Bertz CT molecular complexity index is 1330. The van der Waals surface area contributed by atoms with Gasteiger partial charge < -0.3 is 34.2 Å². The summed E-state index contributed by atoms with van der Waals surface area (Å²) in [6, 6.07) is 14.3. The highest BCUT2D eigenvalue weighted by Crippen LogP contribution is 2.60. The molecule has 0 aromatic heterocycles. The van der Waals surface area contributed by atoms with E-state index in [0.29, 0.717) is 16.9 Å². The fourth-order valence-electron chi connectivity index (χ4n) is 6.40. The topological polar surface area (TPSA) is 119 Å². The fourth-order valence-corrected chi connectivity index (χ4v) is 8.89. The highest BCUT2D eigenvalue weighted by Gasteiger charge is 2.67. The van der Waals surface area contributed by atoms with Crippen LogP contribution in [0.4, 0.5) is 15.5 Å². The van der Waals surface area contributed by atoms with E-state index in [1.165, 1.54) is 16.7 Å². The van der Waals surface area contributed by atoms with Gasteiger partial charge in [-0.2, -0.15) is 0 Å². The lowest BCUT2D eigenvalue weighted by Gasteiger charge is -2.31. The predicted molar refractivity (Wildman–Crippen MR) is 161 cm³/mol. The number of anilines is 2. The van der Waals surface area contributed by atoms with Crippen LogP contribution in [0, 0.1) is 5.92 Å². The molecule has 9 nitrogen and oxygen atoms in total. The number of aliphatic hydroxyl groups is 2. The van der Waals surface area contributed by atoms with Crippen LogP contribution < -0.4 is 10.2 Å². The minimum Gasteiger partial charge on any atom is -0.395 e. The van der Waals surface area contributed by atoms with Crippen molar-refractivity contribution < 1.29 is 33.4 Å². The number of hydrogen-bond acceptors (Lipinski definition) is 6. The number of aliphatic hydroxyl groups excluding tert-OH is 2. The predicted octanol–water partition coefficient (Wildman–Crippen LogP) is 3.72. The first-order valence-corrected chi connectivity index (χ1v) is 17.2. The summed E-state index contributed by atoms with van der Waals surface area (Å²) in [4.78, 5) is 43.1. The highest BCUT2D eigenvalue weighted by atomic mass is 28.4. The minimum atomic E-state index is -3.52. The molecule has 226 valence electrons. The van der Waals surface area contributed by atoms with Gasteiger partial charge in [-0.15, -0.1) is 6.58 Å². The number of rotatable bonds is 11. The molecular weight excluding hydrogens is 557 g/mol. The molecular formula is C31H40FN3O6Si. The third-order valence-electron chi connectivity index (χ3n) is 8.23. The Balaban J connectivity index is 1.74. The summed E-state index contributed by atoms with van der Waals surface area (Å²) in [7, 11) is -3.52. The standard InChI is InChI=1S/C31H40FN3O6Si/c1-6-14-35-25-13-12-23(33-29(39)21(3)37)17-24(25)31(30(35)40)20(2)28(42(4,5)32)26(41-31)18-27(38)34(15-16-36)19-22-10-8-7-9-11-22/h6-13,17,20-21,26,28,36-37H,1,14-16,18-19H2,2-5H3,(H,33,39)/t20-,21-,26+,28-,31+/m0/s1. The van der Waals surface area contributed by atoms with Gasteiger partial charge in [0.1, 0.15) is 6.10 Å². The largest absolute Gasteiger partial charge is 0.395 e. The zero-order chi connectivity index (χ0) is 30.8. The van der Waals surface area contributed by atoms with Crippen LogP contribution in [0.5, 0.6) is 0 Å². The van der Waals surface area contributed by atoms with E-state index in [4.69, 9.17) is 4.74 Å². The molecule has 42 heavy (non-hydrogen) atoms. The number of carbonyl (C=O) groups excluding carboxylic acids is 3. The third kappa shape index (κ3) is 5.92. The van der Waals surface area contributed by atoms with E-state index in [1.807, 2.05) is 30.3 Å². The van der Waals surface area contributed by atoms with Gasteiger partial charge in [-0.05, 0) is 43.8 Å². The molecule has 0 aliphatic carbocycles. The molecule has 0 bridgehead atoms. The first-order valence-electron chi connectivity index (χ1n) is 14.2. The van der Waals surface area contributed by atoms with Crippen molar-refractivity contribution in [2.45, 2.75) is 63.3 Å². The normalized spacial score (nSPS) is 24.0. The summed E-state index contributed by atoms with van der Waals surface area (Å²) in [6.07, 6.45) is -0.713. The Morgan fingerprint density at radius 1 is 1.26 bits per heavy atom. The number of amides is 3. The van der Waals surface area contributed by atoms with Crippen molar-refractivity contribution in [1.82, 2.24) is 4.90 Å². The summed E-state index contributed by atoms with van der Waals surface area (Å²) >= 11 is 0. The number of halogens is 1. The van der Waals surface area contributed by atoms with Crippen LogP contribution in [0.2, 0.25) is 18.6 Å². The van der Waals surface area contributed by atoms with Gasteiger partial charge in [0.05, 0.1) is 24.8 Å². The lowest BCUT2D eigenvalue weighted by atomic mass is 9.82. The second-order valence-electron chi connectivity index (χ2n) is 11.6. The van der Waals surface area contributed by atoms with Crippen LogP contribution in [0.15, 0.2) is 61.2 Å². The molecule has 11 heteroatoms. The molecule has 2 aliphatic heterocycles. The van der Waals surface area contributed by atoms with E-state index < -0.39 is 43.6 Å². The second-order valence-corrected chi connectivity index (χ2v) is 15.4. The minimum absolute atomic E-state index is 0.101. The summed E-state index contributed by atoms with van der Waals surface area (Å²) in [5.41, 5.74) is -0.0214. The van der Waals surface area contributed by atoms with Crippen LogP contribution in [0.25, 0.3) is 0 Å². The van der Waals surface area contributed by atoms with Gasteiger partial charge in [-0.1, -0.05) is 43.3 Å². The van der Waals surface area contributed by atoms with Crippen LogP contribution in [0.3, 0.4) is 0 Å². The molecule has 2 aromatic carbocycles. The van der Waals surface area contributed by atoms with Crippen molar-refractivity contribution >= 4 is 37.5 Å². The Morgan fingerprint density at radius 3 is 2.55 bits per heavy atom. The molecule has 1 fully saturated rings. The Hall–Kier alpha value is -3.38. The number of benzene rings is 2. The highest BCUT2D eigenvalue weighted by molar-refractivity contribution is 6.72. The van der Waals surface area contributed by atoms with Gasteiger partial charge in [0.2, 0.25) is 14.3 Å². The van der Waals surface area contributed by atoms with Gasteiger partial charge in [0.15, 0.2) is 5.60 Å². The molecule has 2 aliphatic rings. The van der Waals surface area contributed by atoms with Crippen molar-refractivity contribution in [3.05, 3.63) is 72.3 Å². The van der Waals surface area contributed by atoms with Gasteiger partial charge in [-0.3, -0.25) is 14.4 Å². The molecule has 3 N–H and O–H groups in total. The first kappa shape index (κ1) is 31.6. The van der Waals surface area contributed by atoms with E-state index in [9.17, 15) is 24.6 Å². The quantitative estimate of drug-likeness (QED) is 0.206. The molecule has 0 saturated carbocycles. The Labute approximate surface area is 247 Å². The molecule has 4 rings (SSSR count). The zero-order valence-corrected chi connectivity index (χ0v) is 25.5. The maximum absolute atomic E-state index is 16.1. The van der Waals surface area contributed by atoms with Gasteiger partial charge >= 0.3 is 0 Å². The average Bonchev–Trinajstić information content (AvgIpc) is 3.35. The smallest absolute Gasteiger partial charge is 0.264 e. The molecule has 2 heterocycles.